The second-order valence-electron chi connectivity index (χ2n) is 3.83. The van der Waals surface area contributed by atoms with Crippen molar-refractivity contribution in [1.82, 2.24) is 10.6 Å². The van der Waals surface area contributed by atoms with Gasteiger partial charge in [-0.3, -0.25) is 4.79 Å². The molecule has 0 aliphatic heterocycles. The fourth-order valence-corrected chi connectivity index (χ4v) is 1.15. The van der Waals surface area contributed by atoms with Gasteiger partial charge in [0.15, 0.2) is 5.76 Å². The maximum atomic E-state index is 11.4. The molecule has 1 rings (SSSR count). The molecule has 2 N–H and O–H groups in total. The number of rotatable bonds is 6. The van der Waals surface area contributed by atoms with Crippen molar-refractivity contribution in [3.63, 3.8) is 0 Å². The van der Waals surface area contributed by atoms with E-state index in [1.165, 1.54) is 6.26 Å². The third-order valence-corrected chi connectivity index (χ3v) is 1.88. The zero-order valence-electron chi connectivity index (χ0n) is 9.25. The lowest BCUT2D eigenvalue weighted by Gasteiger charge is -2.07. The van der Waals surface area contributed by atoms with Gasteiger partial charge in [0.1, 0.15) is 0 Å². The first-order valence-electron chi connectivity index (χ1n) is 5.22. The molecule has 1 amide bonds. The summed E-state index contributed by atoms with van der Waals surface area (Å²) >= 11 is 0. The van der Waals surface area contributed by atoms with E-state index in [0.717, 1.165) is 13.1 Å². The molecular weight excluding hydrogens is 192 g/mol. The molecule has 0 unspecified atom stereocenters. The van der Waals surface area contributed by atoms with Gasteiger partial charge in [0.05, 0.1) is 6.26 Å². The Morgan fingerprint density at radius 3 is 2.87 bits per heavy atom. The van der Waals surface area contributed by atoms with Crippen LogP contribution in [-0.4, -0.2) is 25.5 Å². The van der Waals surface area contributed by atoms with Crippen molar-refractivity contribution in [3.05, 3.63) is 24.2 Å². The van der Waals surface area contributed by atoms with Crippen molar-refractivity contribution in [2.75, 3.05) is 19.6 Å². The van der Waals surface area contributed by atoms with Gasteiger partial charge < -0.3 is 15.1 Å². The SMILES string of the molecule is CC(C)CNCCNC(=O)c1ccco1. The second-order valence-corrected chi connectivity index (χ2v) is 3.83. The van der Waals surface area contributed by atoms with E-state index in [1.54, 1.807) is 12.1 Å². The minimum atomic E-state index is -0.161. The zero-order chi connectivity index (χ0) is 11.1. The van der Waals surface area contributed by atoms with Crippen molar-refractivity contribution < 1.29 is 9.21 Å². The highest BCUT2D eigenvalue weighted by Crippen LogP contribution is 1.98. The summed E-state index contributed by atoms with van der Waals surface area (Å²) in [4.78, 5) is 11.4. The molecule has 4 nitrogen and oxygen atoms in total. The number of hydrogen-bond donors (Lipinski definition) is 2. The fourth-order valence-electron chi connectivity index (χ4n) is 1.15. The Balaban J connectivity index is 2.08. The third kappa shape index (κ3) is 4.65. The summed E-state index contributed by atoms with van der Waals surface area (Å²) in [6, 6.07) is 3.35. The van der Waals surface area contributed by atoms with Crippen molar-refractivity contribution in [2.24, 2.45) is 5.92 Å². The highest BCUT2D eigenvalue weighted by molar-refractivity contribution is 5.91. The van der Waals surface area contributed by atoms with E-state index in [1.807, 2.05) is 0 Å². The van der Waals surface area contributed by atoms with Crippen LogP contribution in [0.5, 0.6) is 0 Å². The molecule has 0 aliphatic carbocycles. The average Bonchev–Trinajstić information content (AvgIpc) is 2.69. The molecule has 0 spiro atoms. The predicted octanol–water partition coefficient (Wildman–Crippen LogP) is 1.25. The van der Waals surface area contributed by atoms with Gasteiger partial charge in [0.25, 0.3) is 5.91 Å². The van der Waals surface area contributed by atoms with Crippen LogP contribution in [0.4, 0.5) is 0 Å². The van der Waals surface area contributed by atoms with Crippen LogP contribution in [0.15, 0.2) is 22.8 Å². The average molecular weight is 210 g/mol. The van der Waals surface area contributed by atoms with Gasteiger partial charge in [-0.2, -0.15) is 0 Å². The van der Waals surface area contributed by atoms with E-state index < -0.39 is 0 Å². The van der Waals surface area contributed by atoms with Crippen LogP contribution in [0.1, 0.15) is 24.4 Å². The maximum absolute atomic E-state index is 11.4. The van der Waals surface area contributed by atoms with Gasteiger partial charge in [-0.05, 0) is 24.6 Å². The van der Waals surface area contributed by atoms with E-state index in [4.69, 9.17) is 4.42 Å². The van der Waals surface area contributed by atoms with Crippen LogP contribution >= 0.6 is 0 Å². The number of nitrogens with one attached hydrogen (secondary N) is 2. The third-order valence-electron chi connectivity index (χ3n) is 1.88. The minimum Gasteiger partial charge on any atom is -0.459 e. The first-order chi connectivity index (χ1) is 7.20. The van der Waals surface area contributed by atoms with Crippen molar-refractivity contribution in [3.8, 4) is 0 Å². The van der Waals surface area contributed by atoms with E-state index in [0.29, 0.717) is 18.2 Å². The summed E-state index contributed by atoms with van der Waals surface area (Å²) in [5, 5.41) is 6.00. The van der Waals surface area contributed by atoms with Crippen LogP contribution in [0, 0.1) is 5.92 Å². The lowest BCUT2D eigenvalue weighted by molar-refractivity contribution is 0.0926. The monoisotopic (exact) mass is 210 g/mol. The van der Waals surface area contributed by atoms with E-state index in [9.17, 15) is 4.79 Å². The number of amides is 1. The van der Waals surface area contributed by atoms with Gasteiger partial charge >= 0.3 is 0 Å². The van der Waals surface area contributed by atoms with Gasteiger partial charge in [-0.15, -0.1) is 0 Å². The predicted molar refractivity (Wildman–Crippen MR) is 58.7 cm³/mol. The van der Waals surface area contributed by atoms with Crippen LogP contribution < -0.4 is 10.6 Å². The number of furan rings is 1. The zero-order valence-corrected chi connectivity index (χ0v) is 9.25. The number of hydrogen-bond acceptors (Lipinski definition) is 3. The minimum absolute atomic E-state index is 0.161. The molecule has 0 saturated carbocycles. The topological polar surface area (TPSA) is 54.3 Å². The normalized spacial score (nSPS) is 10.6. The molecule has 1 heterocycles. The van der Waals surface area contributed by atoms with Gasteiger partial charge in [0.2, 0.25) is 0 Å². The standard InChI is InChI=1S/C11H18N2O2/c1-9(2)8-12-5-6-13-11(14)10-4-3-7-15-10/h3-4,7,9,12H,5-6,8H2,1-2H3,(H,13,14). The maximum Gasteiger partial charge on any atom is 0.287 e. The van der Waals surface area contributed by atoms with E-state index in [-0.39, 0.29) is 5.91 Å². The summed E-state index contributed by atoms with van der Waals surface area (Å²) in [5.74, 6) is 0.830. The van der Waals surface area contributed by atoms with Gasteiger partial charge in [-0.25, -0.2) is 0 Å². The van der Waals surface area contributed by atoms with E-state index >= 15 is 0 Å². The fraction of sp³-hybridized carbons (Fsp3) is 0.545. The molecule has 0 bridgehead atoms. The lowest BCUT2D eigenvalue weighted by Crippen LogP contribution is -2.33. The first kappa shape index (κ1) is 11.8. The number of carbonyl (C=O) groups excluding carboxylic acids is 1. The summed E-state index contributed by atoms with van der Waals surface area (Å²) < 4.78 is 4.96. The van der Waals surface area contributed by atoms with Crippen LogP contribution in [0.2, 0.25) is 0 Å². The molecule has 0 fully saturated rings. The van der Waals surface area contributed by atoms with Crippen molar-refractivity contribution in [1.29, 1.82) is 0 Å². The Bertz CT molecular complexity index is 281. The molecule has 4 heteroatoms. The molecule has 84 valence electrons. The van der Waals surface area contributed by atoms with Crippen molar-refractivity contribution in [2.45, 2.75) is 13.8 Å². The highest BCUT2D eigenvalue weighted by Gasteiger charge is 2.06. The Morgan fingerprint density at radius 2 is 2.27 bits per heavy atom. The van der Waals surface area contributed by atoms with Crippen LogP contribution in [0.25, 0.3) is 0 Å². The Morgan fingerprint density at radius 1 is 1.47 bits per heavy atom. The first-order valence-corrected chi connectivity index (χ1v) is 5.22. The molecule has 0 atom stereocenters. The summed E-state index contributed by atoms with van der Waals surface area (Å²) in [5.41, 5.74) is 0. The van der Waals surface area contributed by atoms with Gasteiger partial charge in [0, 0.05) is 13.1 Å². The van der Waals surface area contributed by atoms with E-state index in [2.05, 4.69) is 24.5 Å². The smallest absolute Gasteiger partial charge is 0.287 e. The van der Waals surface area contributed by atoms with Crippen molar-refractivity contribution >= 4 is 5.91 Å². The Labute approximate surface area is 90.0 Å². The van der Waals surface area contributed by atoms with Crippen LogP contribution in [-0.2, 0) is 0 Å². The quantitative estimate of drug-likeness (QED) is 0.695. The van der Waals surface area contributed by atoms with Gasteiger partial charge in [-0.1, -0.05) is 13.8 Å². The molecule has 0 saturated heterocycles. The lowest BCUT2D eigenvalue weighted by atomic mass is 10.2. The highest BCUT2D eigenvalue weighted by atomic mass is 16.3. The Kier molecular flexibility index (Phi) is 4.90. The molecule has 1 aromatic rings. The molecular formula is C11H18N2O2. The second kappa shape index (κ2) is 6.24. The van der Waals surface area contributed by atoms with Crippen LogP contribution in [0.3, 0.4) is 0 Å². The molecule has 0 radical (unpaired) electrons. The molecule has 0 aliphatic rings. The molecule has 15 heavy (non-hydrogen) atoms. The summed E-state index contributed by atoms with van der Waals surface area (Å²) in [6.07, 6.45) is 1.49. The Hall–Kier alpha value is -1.29. The molecule has 0 aromatic carbocycles. The summed E-state index contributed by atoms with van der Waals surface area (Å²) in [7, 11) is 0. The number of carbonyl (C=O) groups is 1. The summed E-state index contributed by atoms with van der Waals surface area (Å²) in [6.45, 7) is 6.66. The largest absolute Gasteiger partial charge is 0.459 e. The molecule has 1 aromatic heterocycles.